The van der Waals surface area contributed by atoms with Gasteiger partial charge >= 0.3 is 0 Å². The molecule has 0 aliphatic rings. The van der Waals surface area contributed by atoms with E-state index in [2.05, 4.69) is 0 Å². The summed E-state index contributed by atoms with van der Waals surface area (Å²) in [7, 11) is -4.40. The van der Waals surface area contributed by atoms with Crippen molar-refractivity contribution in [2.45, 2.75) is 4.90 Å². The van der Waals surface area contributed by atoms with Gasteiger partial charge in [-0.2, -0.15) is 0 Å². The van der Waals surface area contributed by atoms with E-state index in [-0.39, 0.29) is 15.5 Å². The molecule has 3 nitrogen and oxygen atoms in total. The highest BCUT2D eigenvalue weighted by Crippen LogP contribution is 2.38. The third kappa shape index (κ3) is 3.63. The van der Waals surface area contributed by atoms with Crippen LogP contribution in [0.5, 0.6) is 0 Å². The van der Waals surface area contributed by atoms with Crippen LogP contribution in [0.1, 0.15) is 0 Å². The first-order chi connectivity index (χ1) is 12.7. The Bertz CT molecular complexity index is 1120. The van der Waals surface area contributed by atoms with Crippen molar-refractivity contribution in [2.24, 2.45) is 0 Å². The molecule has 1 N–H and O–H groups in total. The summed E-state index contributed by atoms with van der Waals surface area (Å²) in [4.78, 5) is -0.272. The lowest BCUT2D eigenvalue weighted by Gasteiger charge is -2.16. The second kappa shape index (κ2) is 7.21. The fraction of sp³-hybridized carbons (Fsp3) is 0. The second-order valence-electron chi connectivity index (χ2n) is 5.43. The Balaban J connectivity index is 2.26. The van der Waals surface area contributed by atoms with Gasteiger partial charge in [-0.15, -0.1) is 0 Å². The molecule has 0 saturated heterocycles. The first kappa shape index (κ1) is 19.2. The van der Waals surface area contributed by atoms with Crippen molar-refractivity contribution in [1.29, 1.82) is 0 Å². The highest BCUT2D eigenvalue weighted by Gasteiger charge is 2.29. The Morgan fingerprint density at radius 3 is 2.04 bits per heavy atom. The van der Waals surface area contributed by atoms with Crippen LogP contribution in [0.15, 0.2) is 59.5 Å². The summed E-state index contributed by atoms with van der Waals surface area (Å²) in [6, 6.07) is 12.0. The summed E-state index contributed by atoms with van der Waals surface area (Å²) in [5.41, 5.74) is -1.99. The number of hydrogen-bond donors (Lipinski definition) is 1. The van der Waals surface area contributed by atoms with Crippen molar-refractivity contribution in [2.75, 3.05) is 4.72 Å². The topological polar surface area (TPSA) is 46.2 Å². The molecule has 9 heteroatoms. The lowest BCUT2D eigenvalue weighted by atomic mass is 10.0. The van der Waals surface area contributed by atoms with Crippen LogP contribution < -0.4 is 4.72 Å². The summed E-state index contributed by atoms with van der Waals surface area (Å²) in [5.74, 6) is -7.82. The molecule has 0 unspecified atom stereocenters. The van der Waals surface area contributed by atoms with Gasteiger partial charge in [0.05, 0.1) is 10.6 Å². The molecule has 0 aliphatic heterocycles. The van der Waals surface area contributed by atoms with Crippen molar-refractivity contribution >= 4 is 27.3 Å². The van der Waals surface area contributed by atoms with Gasteiger partial charge in [0.15, 0.2) is 23.3 Å². The molecule has 0 bridgehead atoms. The second-order valence-corrected chi connectivity index (χ2v) is 7.55. The Morgan fingerprint density at radius 2 is 1.41 bits per heavy atom. The van der Waals surface area contributed by atoms with Gasteiger partial charge in [-0.05, 0) is 29.8 Å². The number of sulfonamides is 1. The molecule has 0 fully saturated rings. The molecular formula is C18H10ClF4NO2S. The SMILES string of the molecule is O=S(=O)(Nc1c(F)c(F)c(F)c(F)c1-c1cccc(Cl)c1)c1ccccc1. The summed E-state index contributed by atoms with van der Waals surface area (Å²) in [6.07, 6.45) is 0. The molecule has 0 aliphatic carbocycles. The van der Waals surface area contributed by atoms with E-state index in [0.717, 1.165) is 6.07 Å². The van der Waals surface area contributed by atoms with Crippen LogP contribution in [0.2, 0.25) is 5.02 Å². The largest absolute Gasteiger partial charge is 0.276 e. The fourth-order valence-corrected chi connectivity index (χ4v) is 3.72. The fourth-order valence-electron chi connectivity index (χ4n) is 2.44. The first-order valence-corrected chi connectivity index (χ1v) is 9.28. The average molecular weight is 416 g/mol. The highest BCUT2D eigenvalue weighted by molar-refractivity contribution is 7.92. The number of hydrogen-bond acceptors (Lipinski definition) is 2. The Labute approximate surface area is 157 Å². The van der Waals surface area contributed by atoms with Crippen molar-refractivity contribution in [3.8, 4) is 11.1 Å². The van der Waals surface area contributed by atoms with E-state index in [1.807, 2.05) is 0 Å². The quantitative estimate of drug-likeness (QED) is 0.354. The van der Waals surface area contributed by atoms with Crippen LogP contribution in [0.3, 0.4) is 0 Å². The summed E-state index contributed by atoms with van der Waals surface area (Å²) in [6.45, 7) is 0. The molecule has 3 rings (SSSR count). The molecule has 0 amide bonds. The van der Waals surface area contributed by atoms with E-state index >= 15 is 0 Å². The minimum Gasteiger partial charge on any atom is -0.276 e. The molecule has 3 aromatic rings. The van der Waals surface area contributed by atoms with Gasteiger partial charge in [0.25, 0.3) is 10.0 Å². The van der Waals surface area contributed by atoms with E-state index in [1.54, 1.807) is 10.8 Å². The third-order valence-electron chi connectivity index (χ3n) is 3.67. The number of halogens is 5. The minimum absolute atomic E-state index is 0.105. The standard InChI is InChI=1S/C18H10ClF4NO2S/c19-11-6-4-5-10(9-11)13-14(20)15(21)16(22)17(23)18(13)24-27(25,26)12-7-2-1-3-8-12/h1-9,24H. The number of benzene rings is 3. The van der Waals surface area contributed by atoms with Crippen molar-refractivity contribution < 1.29 is 26.0 Å². The van der Waals surface area contributed by atoms with E-state index in [4.69, 9.17) is 11.6 Å². The van der Waals surface area contributed by atoms with E-state index in [9.17, 15) is 26.0 Å². The molecule has 0 saturated carbocycles. The van der Waals surface area contributed by atoms with Crippen LogP contribution >= 0.6 is 11.6 Å². The van der Waals surface area contributed by atoms with Crippen molar-refractivity contribution in [3.05, 3.63) is 82.9 Å². The van der Waals surface area contributed by atoms with Crippen LogP contribution in [0.25, 0.3) is 11.1 Å². The Hall–Kier alpha value is -2.58. The number of anilines is 1. The van der Waals surface area contributed by atoms with Gasteiger partial charge in [0, 0.05) is 10.6 Å². The zero-order valence-electron chi connectivity index (χ0n) is 13.3. The van der Waals surface area contributed by atoms with Gasteiger partial charge in [0.1, 0.15) is 0 Å². The Morgan fingerprint density at radius 1 is 0.778 bits per heavy atom. The smallest absolute Gasteiger partial charge is 0.262 e. The van der Waals surface area contributed by atoms with E-state index in [1.165, 1.54) is 42.5 Å². The molecule has 0 heterocycles. The number of rotatable bonds is 4. The van der Waals surface area contributed by atoms with Gasteiger partial charge in [-0.3, -0.25) is 4.72 Å². The molecule has 0 spiro atoms. The van der Waals surface area contributed by atoms with Crippen LogP contribution in [-0.2, 0) is 10.0 Å². The zero-order valence-corrected chi connectivity index (χ0v) is 14.9. The zero-order chi connectivity index (χ0) is 19.8. The summed E-state index contributed by atoms with van der Waals surface area (Å²) >= 11 is 5.82. The summed E-state index contributed by atoms with van der Waals surface area (Å²) in [5, 5.41) is 0.105. The maximum atomic E-state index is 14.4. The van der Waals surface area contributed by atoms with Crippen LogP contribution in [0, 0.1) is 23.3 Å². The predicted molar refractivity (Wildman–Crippen MR) is 94.0 cm³/mol. The maximum absolute atomic E-state index is 14.4. The highest BCUT2D eigenvalue weighted by atomic mass is 35.5. The lowest BCUT2D eigenvalue weighted by Crippen LogP contribution is -2.17. The van der Waals surface area contributed by atoms with E-state index < -0.39 is 44.5 Å². The number of nitrogens with one attached hydrogen (secondary N) is 1. The average Bonchev–Trinajstić information content (AvgIpc) is 2.65. The molecule has 3 aromatic carbocycles. The maximum Gasteiger partial charge on any atom is 0.262 e. The predicted octanol–water partition coefficient (Wildman–Crippen LogP) is 5.36. The van der Waals surface area contributed by atoms with Gasteiger partial charge in [0.2, 0.25) is 0 Å². The molecule has 140 valence electrons. The third-order valence-corrected chi connectivity index (χ3v) is 5.27. The molecule has 0 aromatic heterocycles. The lowest BCUT2D eigenvalue weighted by molar-refractivity contribution is 0.413. The Kier molecular flexibility index (Phi) is 5.12. The minimum atomic E-state index is -4.40. The molecule has 0 atom stereocenters. The normalized spacial score (nSPS) is 11.4. The van der Waals surface area contributed by atoms with Crippen LogP contribution in [-0.4, -0.2) is 8.42 Å². The van der Waals surface area contributed by atoms with Crippen molar-refractivity contribution in [3.63, 3.8) is 0 Å². The first-order valence-electron chi connectivity index (χ1n) is 7.42. The molecular weight excluding hydrogens is 406 g/mol. The van der Waals surface area contributed by atoms with Crippen molar-refractivity contribution in [1.82, 2.24) is 0 Å². The monoisotopic (exact) mass is 415 g/mol. The molecule has 0 radical (unpaired) electrons. The van der Waals surface area contributed by atoms with Gasteiger partial charge < -0.3 is 0 Å². The van der Waals surface area contributed by atoms with Crippen LogP contribution in [0.4, 0.5) is 23.2 Å². The molecule has 27 heavy (non-hydrogen) atoms. The van der Waals surface area contributed by atoms with E-state index in [0.29, 0.717) is 0 Å². The summed E-state index contributed by atoms with van der Waals surface area (Å²) < 4.78 is 83.1. The van der Waals surface area contributed by atoms with Gasteiger partial charge in [-0.1, -0.05) is 41.9 Å². The van der Waals surface area contributed by atoms with Gasteiger partial charge in [-0.25, -0.2) is 26.0 Å².